The lowest BCUT2D eigenvalue weighted by Crippen LogP contribution is -2.06. The smallest absolute Gasteiger partial charge is 0.336 e. The number of ether oxygens (including phenoxy) is 4. The van der Waals surface area contributed by atoms with Crippen molar-refractivity contribution in [2.45, 2.75) is 6.42 Å². The maximum absolute atomic E-state index is 11.9. The van der Waals surface area contributed by atoms with Gasteiger partial charge in [-0.05, 0) is 48.0 Å². The van der Waals surface area contributed by atoms with Gasteiger partial charge in [-0.1, -0.05) is 18.7 Å². The Kier molecular flexibility index (Phi) is 8.33. The summed E-state index contributed by atoms with van der Waals surface area (Å²) in [7, 11) is 1.57. The fourth-order valence-electron chi connectivity index (χ4n) is 2.11. The van der Waals surface area contributed by atoms with Crippen LogP contribution < -0.4 is 14.2 Å². The van der Waals surface area contributed by atoms with E-state index in [1.807, 2.05) is 12.1 Å². The molecule has 0 heterocycles. The zero-order valence-corrected chi connectivity index (χ0v) is 15.6. The Labute approximate surface area is 164 Å². The van der Waals surface area contributed by atoms with Crippen molar-refractivity contribution in [3.8, 4) is 17.2 Å². The third kappa shape index (κ3) is 7.37. The molecule has 0 aliphatic rings. The van der Waals surface area contributed by atoms with E-state index in [0.717, 1.165) is 11.6 Å². The zero-order chi connectivity index (χ0) is 20.2. The number of carbonyl (C=O) groups is 2. The Bertz CT molecular complexity index is 806. The van der Waals surface area contributed by atoms with Gasteiger partial charge in [0.1, 0.15) is 17.2 Å². The van der Waals surface area contributed by atoms with Crippen molar-refractivity contribution < 1.29 is 28.5 Å². The molecule has 0 bridgehead atoms. The number of benzene rings is 2. The highest BCUT2D eigenvalue weighted by Crippen LogP contribution is 2.17. The Balaban J connectivity index is 1.75. The van der Waals surface area contributed by atoms with Gasteiger partial charge < -0.3 is 18.9 Å². The van der Waals surface area contributed by atoms with Crippen LogP contribution >= 0.6 is 0 Å². The van der Waals surface area contributed by atoms with Crippen LogP contribution in [-0.4, -0.2) is 32.3 Å². The molecular formula is C22H22O6. The van der Waals surface area contributed by atoms with E-state index in [9.17, 15) is 9.59 Å². The minimum atomic E-state index is -0.473. The Hall–Kier alpha value is -3.54. The van der Waals surface area contributed by atoms with Crippen molar-refractivity contribution in [2.75, 3.05) is 20.3 Å². The third-order valence-corrected chi connectivity index (χ3v) is 3.54. The van der Waals surface area contributed by atoms with Crippen molar-refractivity contribution >= 4 is 18.0 Å². The van der Waals surface area contributed by atoms with Crippen LogP contribution in [0.25, 0.3) is 6.08 Å². The van der Waals surface area contributed by atoms with E-state index in [1.54, 1.807) is 49.6 Å². The minimum absolute atomic E-state index is 0.280. The summed E-state index contributed by atoms with van der Waals surface area (Å²) in [6.07, 6.45) is 4.72. The van der Waals surface area contributed by atoms with Crippen molar-refractivity contribution in [3.05, 3.63) is 72.8 Å². The van der Waals surface area contributed by atoms with E-state index < -0.39 is 11.9 Å². The number of methoxy groups -OCH3 is 1. The van der Waals surface area contributed by atoms with E-state index in [-0.39, 0.29) is 6.61 Å². The number of esters is 2. The standard InChI is InChI=1S/C22H22O6/c1-3-21(23)27-16-4-15-26-19-8-5-17(6-9-19)7-14-22(24)28-20-12-10-18(25-2)11-13-20/h3,5-14H,1,4,15-16H2,2H3. The van der Waals surface area contributed by atoms with Crippen LogP contribution in [0.3, 0.4) is 0 Å². The molecule has 6 nitrogen and oxygen atoms in total. The molecule has 146 valence electrons. The Morgan fingerprint density at radius 3 is 2.18 bits per heavy atom. The molecule has 0 unspecified atom stereocenters. The molecule has 28 heavy (non-hydrogen) atoms. The fraction of sp³-hybridized carbons (Fsp3) is 0.182. The van der Waals surface area contributed by atoms with E-state index in [0.29, 0.717) is 30.3 Å². The highest BCUT2D eigenvalue weighted by atomic mass is 16.5. The van der Waals surface area contributed by atoms with Crippen molar-refractivity contribution in [2.24, 2.45) is 0 Å². The SMILES string of the molecule is C=CC(=O)OCCCOc1ccc(C=CC(=O)Oc2ccc(OC)cc2)cc1. The van der Waals surface area contributed by atoms with Gasteiger partial charge in [-0.15, -0.1) is 0 Å². The van der Waals surface area contributed by atoms with Crippen molar-refractivity contribution in [1.29, 1.82) is 0 Å². The molecule has 0 aromatic heterocycles. The van der Waals surface area contributed by atoms with E-state index >= 15 is 0 Å². The molecular weight excluding hydrogens is 360 g/mol. The predicted molar refractivity (Wildman–Crippen MR) is 105 cm³/mol. The quantitative estimate of drug-likeness (QED) is 0.269. The minimum Gasteiger partial charge on any atom is -0.497 e. The third-order valence-electron chi connectivity index (χ3n) is 3.54. The number of rotatable bonds is 10. The van der Waals surface area contributed by atoms with Gasteiger partial charge in [-0.25, -0.2) is 9.59 Å². The first-order valence-corrected chi connectivity index (χ1v) is 8.66. The van der Waals surface area contributed by atoms with Gasteiger partial charge in [-0.3, -0.25) is 0 Å². The largest absolute Gasteiger partial charge is 0.497 e. The topological polar surface area (TPSA) is 71.1 Å². The van der Waals surface area contributed by atoms with Gasteiger partial charge in [0, 0.05) is 18.6 Å². The van der Waals surface area contributed by atoms with Gasteiger partial charge in [0.25, 0.3) is 0 Å². The average molecular weight is 382 g/mol. The van der Waals surface area contributed by atoms with E-state index in [4.69, 9.17) is 18.9 Å². The number of hydrogen-bond donors (Lipinski definition) is 0. The first-order valence-electron chi connectivity index (χ1n) is 8.66. The summed E-state index contributed by atoms with van der Waals surface area (Å²) in [6.45, 7) is 4.03. The van der Waals surface area contributed by atoms with Crippen LogP contribution in [0.4, 0.5) is 0 Å². The molecule has 0 spiro atoms. The van der Waals surface area contributed by atoms with E-state index in [1.165, 1.54) is 6.08 Å². The van der Waals surface area contributed by atoms with Gasteiger partial charge in [0.15, 0.2) is 0 Å². The summed E-state index contributed by atoms with van der Waals surface area (Å²) < 4.78 is 20.7. The second kappa shape index (κ2) is 11.2. The monoisotopic (exact) mass is 382 g/mol. The predicted octanol–water partition coefficient (Wildman–Crippen LogP) is 3.81. The molecule has 2 rings (SSSR count). The van der Waals surface area contributed by atoms with Crippen LogP contribution in [0.5, 0.6) is 17.2 Å². The van der Waals surface area contributed by atoms with Gasteiger partial charge in [0.05, 0.1) is 20.3 Å². The first kappa shape index (κ1) is 20.8. The summed E-state index contributed by atoms with van der Waals surface area (Å²) in [6, 6.07) is 14.0. The lowest BCUT2D eigenvalue weighted by Gasteiger charge is -2.06. The summed E-state index contributed by atoms with van der Waals surface area (Å²) in [4.78, 5) is 22.8. The summed E-state index contributed by atoms with van der Waals surface area (Å²) in [5, 5.41) is 0. The van der Waals surface area contributed by atoms with Crippen LogP contribution in [0, 0.1) is 0 Å². The maximum Gasteiger partial charge on any atom is 0.336 e. The van der Waals surface area contributed by atoms with Gasteiger partial charge in [0.2, 0.25) is 0 Å². The molecule has 0 N–H and O–H groups in total. The van der Waals surface area contributed by atoms with Gasteiger partial charge >= 0.3 is 11.9 Å². The summed E-state index contributed by atoms with van der Waals surface area (Å²) in [5.41, 5.74) is 0.832. The second-order valence-electron chi connectivity index (χ2n) is 5.57. The normalized spacial score (nSPS) is 10.3. The highest BCUT2D eigenvalue weighted by Gasteiger charge is 2.01. The molecule has 0 amide bonds. The molecule has 0 saturated heterocycles. The van der Waals surface area contributed by atoms with Crippen LogP contribution in [-0.2, 0) is 14.3 Å². The molecule has 2 aromatic carbocycles. The second-order valence-corrected chi connectivity index (χ2v) is 5.57. The van der Waals surface area contributed by atoms with Crippen LogP contribution in [0.2, 0.25) is 0 Å². The average Bonchev–Trinajstić information content (AvgIpc) is 2.73. The highest BCUT2D eigenvalue weighted by molar-refractivity contribution is 5.88. The lowest BCUT2D eigenvalue weighted by molar-refractivity contribution is -0.138. The number of hydrogen-bond acceptors (Lipinski definition) is 6. The number of carbonyl (C=O) groups excluding carboxylic acids is 2. The molecule has 0 saturated carbocycles. The Morgan fingerprint density at radius 1 is 0.893 bits per heavy atom. The summed E-state index contributed by atoms with van der Waals surface area (Å²) >= 11 is 0. The molecule has 0 aliphatic heterocycles. The van der Waals surface area contributed by atoms with Crippen molar-refractivity contribution in [1.82, 2.24) is 0 Å². The van der Waals surface area contributed by atoms with Crippen molar-refractivity contribution in [3.63, 3.8) is 0 Å². The fourth-order valence-corrected chi connectivity index (χ4v) is 2.11. The lowest BCUT2D eigenvalue weighted by atomic mass is 10.2. The Morgan fingerprint density at radius 2 is 1.54 bits per heavy atom. The molecule has 0 radical (unpaired) electrons. The molecule has 0 atom stereocenters. The molecule has 2 aromatic rings. The first-order chi connectivity index (χ1) is 13.6. The summed E-state index contributed by atoms with van der Waals surface area (Å²) in [5.74, 6) is 0.905. The molecule has 6 heteroatoms. The molecule has 0 aliphatic carbocycles. The van der Waals surface area contributed by atoms with Crippen LogP contribution in [0.1, 0.15) is 12.0 Å². The molecule has 0 fully saturated rings. The van der Waals surface area contributed by atoms with Gasteiger partial charge in [-0.2, -0.15) is 0 Å². The maximum atomic E-state index is 11.9. The van der Waals surface area contributed by atoms with E-state index in [2.05, 4.69) is 6.58 Å². The van der Waals surface area contributed by atoms with Crippen LogP contribution in [0.15, 0.2) is 67.3 Å². The zero-order valence-electron chi connectivity index (χ0n) is 15.6.